The molecule has 6 heteroatoms. The minimum absolute atomic E-state index is 0.0131. The van der Waals surface area contributed by atoms with Crippen molar-refractivity contribution in [3.8, 4) is 17.9 Å². The second-order valence-electron chi connectivity index (χ2n) is 3.11. The molecule has 0 aliphatic heterocycles. The number of hydrogen-bond donors (Lipinski definition) is 2. The van der Waals surface area contributed by atoms with E-state index >= 15 is 0 Å². The molecule has 2 N–H and O–H groups in total. The lowest BCUT2D eigenvalue weighted by molar-refractivity contribution is 0.0697. The summed E-state index contributed by atoms with van der Waals surface area (Å²) in [6, 6.07) is 7.81. The van der Waals surface area contributed by atoms with Crippen LogP contribution in [0.2, 0.25) is 0 Å². The van der Waals surface area contributed by atoms with Crippen molar-refractivity contribution in [3.63, 3.8) is 0 Å². The number of nitrogens with one attached hydrogen (secondary N) is 1. The maximum absolute atomic E-state index is 11.0. The van der Waals surface area contributed by atoms with Crippen LogP contribution in [0.3, 0.4) is 0 Å². The molecule has 0 aromatic heterocycles. The van der Waals surface area contributed by atoms with Gasteiger partial charge >= 0.3 is 5.97 Å². The lowest BCUT2D eigenvalue weighted by atomic mass is 10.1. The van der Waals surface area contributed by atoms with Gasteiger partial charge in [0.25, 0.3) is 0 Å². The highest BCUT2D eigenvalue weighted by atomic mass is 16.5. The van der Waals surface area contributed by atoms with Crippen LogP contribution >= 0.6 is 0 Å². The summed E-state index contributed by atoms with van der Waals surface area (Å²) in [7, 11) is 1.39. The van der Waals surface area contributed by atoms with Gasteiger partial charge < -0.3 is 15.2 Å². The molecule has 18 heavy (non-hydrogen) atoms. The van der Waals surface area contributed by atoms with Crippen molar-refractivity contribution in [3.05, 3.63) is 35.5 Å². The van der Waals surface area contributed by atoms with Gasteiger partial charge in [-0.2, -0.15) is 10.5 Å². The fraction of sp³-hybridized carbons (Fsp3) is 0.0833. The van der Waals surface area contributed by atoms with Crippen LogP contribution in [0.1, 0.15) is 10.4 Å². The molecule has 0 aliphatic carbocycles. The molecule has 1 aromatic rings. The van der Waals surface area contributed by atoms with Crippen molar-refractivity contribution in [2.24, 2.45) is 0 Å². The number of carboxylic acids is 1. The van der Waals surface area contributed by atoms with Gasteiger partial charge in [0.15, 0.2) is 0 Å². The van der Waals surface area contributed by atoms with Gasteiger partial charge in [-0.1, -0.05) is 6.07 Å². The van der Waals surface area contributed by atoms with E-state index in [0.29, 0.717) is 5.75 Å². The zero-order valence-electron chi connectivity index (χ0n) is 9.47. The highest BCUT2D eigenvalue weighted by molar-refractivity contribution is 5.96. The second kappa shape index (κ2) is 5.92. The van der Waals surface area contributed by atoms with Crippen molar-refractivity contribution in [2.45, 2.75) is 0 Å². The minimum atomic E-state index is -1.14. The van der Waals surface area contributed by atoms with Gasteiger partial charge in [0, 0.05) is 6.20 Å². The number of carboxylic acid groups (broad SMARTS) is 1. The zero-order valence-corrected chi connectivity index (χ0v) is 9.47. The molecule has 90 valence electrons. The molecular formula is C12H9N3O3. The van der Waals surface area contributed by atoms with Crippen molar-refractivity contribution in [1.82, 2.24) is 0 Å². The highest BCUT2D eigenvalue weighted by Crippen LogP contribution is 2.28. The Kier molecular flexibility index (Phi) is 4.30. The first-order valence-corrected chi connectivity index (χ1v) is 4.81. The lowest BCUT2D eigenvalue weighted by Gasteiger charge is -2.10. The molecule has 0 spiro atoms. The largest absolute Gasteiger partial charge is 0.495 e. The number of rotatable bonds is 4. The van der Waals surface area contributed by atoms with Crippen LogP contribution in [0, 0.1) is 22.7 Å². The quantitative estimate of drug-likeness (QED) is 0.780. The number of hydrogen-bond acceptors (Lipinski definition) is 5. The van der Waals surface area contributed by atoms with E-state index in [9.17, 15) is 4.79 Å². The molecule has 0 heterocycles. The van der Waals surface area contributed by atoms with E-state index in [0.717, 1.165) is 6.20 Å². The van der Waals surface area contributed by atoms with Crippen LogP contribution in [0.15, 0.2) is 30.0 Å². The molecule has 0 unspecified atom stereocenters. The smallest absolute Gasteiger partial charge is 0.337 e. The average molecular weight is 243 g/mol. The number of ether oxygens (including phenoxy) is 1. The van der Waals surface area contributed by atoms with Crippen molar-refractivity contribution < 1.29 is 14.6 Å². The number of anilines is 1. The van der Waals surface area contributed by atoms with Gasteiger partial charge in [-0.3, -0.25) is 0 Å². The first-order valence-electron chi connectivity index (χ1n) is 4.81. The van der Waals surface area contributed by atoms with Crippen LogP contribution in [-0.4, -0.2) is 18.2 Å². The number of allylic oxidation sites excluding steroid dienone is 1. The first-order chi connectivity index (χ1) is 8.63. The van der Waals surface area contributed by atoms with Crippen LogP contribution in [0.4, 0.5) is 5.69 Å². The molecule has 1 aromatic carbocycles. The number of carbonyl (C=O) groups is 1. The molecular weight excluding hydrogens is 234 g/mol. The number of nitriles is 2. The molecule has 1 rings (SSSR count). The van der Waals surface area contributed by atoms with E-state index in [1.54, 1.807) is 18.2 Å². The number of nitrogens with zero attached hydrogens (tertiary/aromatic N) is 2. The molecule has 0 saturated heterocycles. The Hall–Kier alpha value is -2.99. The normalized spacial score (nSPS) is 8.61. The third kappa shape index (κ3) is 2.77. The predicted octanol–water partition coefficient (Wildman–Crippen LogP) is 1.74. The lowest BCUT2D eigenvalue weighted by Crippen LogP contribution is -2.04. The minimum Gasteiger partial charge on any atom is -0.495 e. The van der Waals surface area contributed by atoms with E-state index in [2.05, 4.69) is 5.32 Å². The second-order valence-corrected chi connectivity index (χ2v) is 3.11. The van der Waals surface area contributed by atoms with Crippen LogP contribution in [0.5, 0.6) is 5.75 Å². The van der Waals surface area contributed by atoms with Crippen molar-refractivity contribution in [2.75, 3.05) is 12.4 Å². The summed E-state index contributed by atoms with van der Waals surface area (Å²) in [5, 5.41) is 28.8. The van der Waals surface area contributed by atoms with Gasteiger partial charge in [-0.25, -0.2) is 4.79 Å². The Labute approximate surface area is 103 Å². The molecule has 0 saturated carbocycles. The van der Waals surface area contributed by atoms with Gasteiger partial charge in [0.1, 0.15) is 23.5 Å². The van der Waals surface area contributed by atoms with E-state index in [-0.39, 0.29) is 16.8 Å². The van der Waals surface area contributed by atoms with Crippen molar-refractivity contribution in [1.29, 1.82) is 10.5 Å². The maximum Gasteiger partial charge on any atom is 0.337 e. The van der Waals surface area contributed by atoms with Crippen LogP contribution in [-0.2, 0) is 0 Å². The molecule has 0 radical (unpaired) electrons. The molecule has 6 nitrogen and oxygen atoms in total. The Morgan fingerprint density at radius 2 is 2.11 bits per heavy atom. The number of para-hydroxylation sites is 1. The SMILES string of the molecule is COc1cccc(C(=O)O)c1NC=C(C#N)C#N. The monoisotopic (exact) mass is 243 g/mol. The van der Waals surface area contributed by atoms with Crippen molar-refractivity contribution >= 4 is 11.7 Å². The molecule has 0 bridgehead atoms. The molecule has 0 atom stereocenters. The van der Waals surface area contributed by atoms with Gasteiger partial charge in [0.2, 0.25) is 0 Å². The molecule has 0 amide bonds. The Morgan fingerprint density at radius 3 is 2.61 bits per heavy atom. The molecule has 0 fully saturated rings. The summed E-state index contributed by atoms with van der Waals surface area (Å²) in [6.45, 7) is 0. The summed E-state index contributed by atoms with van der Waals surface area (Å²) in [4.78, 5) is 11.0. The maximum atomic E-state index is 11.0. The summed E-state index contributed by atoms with van der Waals surface area (Å²) < 4.78 is 5.01. The standard InChI is InChI=1S/C12H9N3O3/c1-18-10-4-2-3-9(12(16)17)11(10)15-7-8(5-13)6-14/h2-4,7,15H,1H3,(H,16,17). The van der Waals surface area contributed by atoms with Crippen LogP contribution < -0.4 is 10.1 Å². The van der Waals surface area contributed by atoms with Gasteiger partial charge in [-0.15, -0.1) is 0 Å². The van der Waals surface area contributed by atoms with Gasteiger partial charge in [-0.05, 0) is 12.1 Å². The van der Waals surface area contributed by atoms with E-state index in [1.165, 1.54) is 19.2 Å². The average Bonchev–Trinajstić information content (AvgIpc) is 2.39. The van der Waals surface area contributed by atoms with Gasteiger partial charge in [0.05, 0.1) is 18.4 Å². The van der Waals surface area contributed by atoms with E-state index in [4.69, 9.17) is 20.4 Å². The zero-order chi connectivity index (χ0) is 13.5. The Bertz CT molecular complexity index is 563. The number of methoxy groups -OCH3 is 1. The topological polar surface area (TPSA) is 106 Å². The fourth-order valence-corrected chi connectivity index (χ4v) is 1.26. The van der Waals surface area contributed by atoms with E-state index < -0.39 is 5.97 Å². The first kappa shape index (κ1) is 13.1. The van der Waals surface area contributed by atoms with E-state index in [1.807, 2.05) is 0 Å². The Morgan fingerprint density at radius 1 is 1.44 bits per heavy atom. The third-order valence-electron chi connectivity index (χ3n) is 2.08. The molecule has 0 aliphatic rings. The summed E-state index contributed by atoms with van der Waals surface area (Å²) in [5.74, 6) is -0.832. The number of aromatic carboxylic acids is 1. The summed E-state index contributed by atoms with van der Waals surface area (Å²) >= 11 is 0. The predicted molar refractivity (Wildman–Crippen MR) is 62.9 cm³/mol. The van der Waals surface area contributed by atoms with Crippen LogP contribution in [0.25, 0.3) is 0 Å². The Balaban J connectivity index is 3.23. The third-order valence-corrected chi connectivity index (χ3v) is 2.08. The number of benzene rings is 1. The highest BCUT2D eigenvalue weighted by Gasteiger charge is 2.13. The summed E-state index contributed by atoms with van der Waals surface area (Å²) in [5.41, 5.74) is 0.00794. The fourth-order valence-electron chi connectivity index (χ4n) is 1.26. The summed E-state index contributed by atoms with van der Waals surface area (Å²) in [6.07, 6.45) is 1.13.